The average molecular weight is 246 g/mol. The number of ether oxygens (including phenoxy) is 1. The second-order valence-corrected chi connectivity index (χ2v) is 6.10. The van der Waals surface area contributed by atoms with Crippen LogP contribution in [-0.2, 0) is 4.74 Å². The molecule has 1 aromatic heterocycles. The van der Waals surface area contributed by atoms with Gasteiger partial charge >= 0.3 is 6.09 Å². The highest BCUT2D eigenvalue weighted by Gasteiger charge is 2.48. The standard InChI is InChI=1S/C14H18N2O2/c1-14(2,3)18-13(17)16-8-9-7-10(9)12-11(16)5-4-6-15-12/h4-6,9-10H,7-8H2,1-3H3. The Kier molecular flexibility index (Phi) is 2.37. The molecule has 96 valence electrons. The predicted octanol–water partition coefficient (Wildman–Crippen LogP) is 2.94. The van der Waals surface area contributed by atoms with Crippen molar-refractivity contribution in [1.82, 2.24) is 4.98 Å². The van der Waals surface area contributed by atoms with Gasteiger partial charge in [0.25, 0.3) is 0 Å². The van der Waals surface area contributed by atoms with E-state index in [2.05, 4.69) is 4.98 Å². The minimum atomic E-state index is -0.458. The molecule has 18 heavy (non-hydrogen) atoms. The number of carbonyl (C=O) groups excluding carboxylic acids is 1. The van der Waals surface area contributed by atoms with Gasteiger partial charge in [-0.2, -0.15) is 0 Å². The molecule has 2 atom stereocenters. The van der Waals surface area contributed by atoms with Crippen LogP contribution in [0.3, 0.4) is 0 Å². The Balaban J connectivity index is 1.89. The minimum Gasteiger partial charge on any atom is -0.443 e. The molecule has 0 N–H and O–H groups in total. The number of aromatic nitrogens is 1. The zero-order valence-corrected chi connectivity index (χ0v) is 11.0. The van der Waals surface area contributed by atoms with Crippen molar-refractivity contribution in [3.63, 3.8) is 0 Å². The quantitative estimate of drug-likeness (QED) is 0.706. The monoisotopic (exact) mass is 246 g/mol. The van der Waals surface area contributed by atoms with Crippen molar-refractivity contribution in [2.45, 2.75) is 38.7 Å². The highest BCUT2D eigenvalue weighted by atomic mass is 16.6. The number of nitrogens with zero attached hydrogens (tertiary/aromatic N) is 2. The van der Waals surface area contributed by atoms with Crippen LogP contribution in [0.15, 0.2) is 18.3 Å². The molecular formula is C14H18N2O2. The summed E-state index contributed by atoms with van der Waals surface area (Å²) in [4.78, 5) is 18.4. The number of carbonyl (C=O) groups is 1. The summed E-state index contributed by atoms with van der Waals surface area (Å²) in [5.74, 6) is 1.12. The molecule has 0 bridgehead atoms. The van der Waals surface area contributed by atoms with E-state index < -0.39 is 5.60 Å². The van der Waals surface area contributed by atoms with Gasteiger partial charge in [-0.15, -0.1) is 0 Å². The zero-order valence-electron chi connectivity index (χ0n) is 11.0. The molecule has 3 rings (SSSR count). The highest BCUT2D eigenvalue weighted by molar-refractivity contribution is 5.89. The average Bonchev–Trinajstić information content (AvgIpc) is 3.04. The van der Waals surface area contributed by atoms with E-state index in [-0.39, 0.29) is 6.09 Å². The Morgan fingerprint density at radius 3 is 3.00 bits per heavy atom. The van der Waals surface area contributed by atoms with Crippen LogP contribution in [0, 0.1) is 5.92 Å². The fourth-order valence-electron chi connectivity index (χ4n) is 2.53. The van der Waals surface area contributed by atoms with Crippen LogP contribution in [0.2, 0.25) is 0 Å². The fourth-order valence-corrected chi connectivity index (χ4v) is 2.53. The lowest BCUT2D eigenvalue weighted by Gasteiger charge is -2.30. The summed E-state index contributed by atoms with van der Waals surface area (Å²) < 4.78 is 5.46. The van der Waals surface area contributed by atoms with Crippen molar-refractivity contribution >= 4 is 11.8 Å². The van der Waals surface area contributed by atoms with Crippen LogP contribution in [0.1, 0.15) is 38.8 Å². The van der Waals surface area contributed by atoms with Crippen LogP contribution in [0.5, 0.6) is 0 Å². The number of fused-ring (bicyclic) bond motifs is 3. The largest absolute Gasteiger partial charge is 0.443 e. The molecule has 1 saturated carbocycles. The van der Waals surface area contributed by atoms with Gasteiger partial charge in [-0.3, -0.25) is 9.88 Å². The Labute approximate surface area is 107 Å². The van der Waals surface area contributed by atoms with Crippen LogP contribution in [0.25, 0.3) is 0 Å². The maximum Gasteiger partial charge on any atom is 0.414 e. The first-order valence-electron chi connectivity index (χ1n) is 6.41. The first-order valence-corrected chi connectivity index (χ1v) is 6.41. The van der Waals surface area contributed by atoms with Gasteiger partial charge in [0.15, 0.2) is 0 Å². The van der Waals surface area contributed by atoms with E-state index in [1.807, 2.05) is 32.9 Å². The molecule has 2 heterocycles. The van der Waals surface area contributed by atoms with Crippen molar-refractivity contribution in [1.29, 1.82) is 0 Å². The number of hydrogen-bond donors (Lipinski definition) is 0. The van der Waals surface area contributed by atoms with E-state index in [0.717, 1.165) is 24.3 Å². The van der Waals surface area contributed by atoms with E-state index in [4.69, 9.17) is 4.74 Å². The molecule has 0 aromatic carbocycles. The lowest BCUT2D eigenvalue weighted by Crippen LogP contribution is -2.40. The van der Waals surface area contributed by atoms with E-state index >= 15 is 0 Å². The number of amides is 1. The second-order valence-electron chi connectivity index (χ2n) is 6.10. The van der Waals surface area contributed by atoms with E-state index in [0.29, 0.717) is 11.8 Å². The minimum absolute atomic E-state index is 0.262. The summed E-state index contributed by atoms with van der Waals surface area (Å²) in [6, 6.07) is 3.83. The SMILES string of the molecule is CC(C)(C)OC(=O)N1CC2CC2c2ncccc21. The normalized spacial score (nSPS) is 25.2. The zero-order chi connectivity index (χ0) is 12.9. The molecule has 1 amide bonds. The van der Waals surface area contributed by atoms with Crippen molar-refractivity contribution in [3.05, 3.63) is 24.0 Å². The van der Waals surface area contributed by atoms with Crippen molar-refractivity contribution in [2.24, 2.45) is 5.92 Å². The molecule has 2 aliphatic rings. The fraction of sp³-hybridized carbons (Fsp3) is 0.571. The lowest BCUT2D eigenvalue weighted by molar-refractivity contribution is 0.0576. The van der Waals surface area contributed by atoms with Crippen LogP contribution in [-0.4, -0.2) is 23.2 Å². The van der Waals surface area contributed by atoms with E-state index in [1.54, 1.807) is 11.1 Å². The third-order valence-corrected chi connectivity index (χ3v) is 3.41. The van der Waals surface area contributed by atoms with Crippen molar-refractivity contribution in [3.8, 4) is 0 Å². The van der Waals surface area contributed by atoms with Gasteiger partial charge in [0.1, 0.15) is 5.60 Å². The molecule has 0 spiro atoms. The Bertz CT molecular complexity index is 493. The smallest absolute Gasteiger partial charge is 0.414 e. The van der Waals surface area contributed by atoms with Gasteiger partial charge in [-0.25, -0.2) is 4.79 Å². The Hall–Kier alpha value is -1.58. The summed E-state index contributed by atoms with van der Waals surface area (Å²) >= 11 is 0. The summed E-state index contributed by atoms with van der Waals surface area (Å²) in [6.45, 7) is 6.43. The van der Waals surface area contributed by atoms with Crippen molar-refractivity contribution in [2.75, 3.05) is 11.4 Å². The second kappa shape index (κ2) is 3.70. The predicted molar refractivity (Wildman–Crippen MR) is 68.7 cm³/mol. The maximum absolute atomic E-state index is 12.2. The third kappa shape index (κ3) is 1.96. The number of anilines is 1. The van der Waals surface area contributed by atoms with Crippen molar-refractivity contribution < 1.29 is 9.53 Å². The van der Waals surface area contributed by atoms with Gasteiger partial charge in [-0.1, -0.05) is 0 Å². The molecular weight excluding hydrogens is 228 g/mol. The van der Waals surface area contributed by atoms with E-state index in [9.17, 15) is 4.79 Å². The summed E-state index contributed by atoms with van der Waals surface area (Å²) in [6.07, 6.45) is 2.68. The summed E-state index contributed by atoms with van der Waals surface area (Å²) in [7, 11) is 0. The number of pyridine rings is 1. The molecule has 4 heteroatoms. The number of rotatable bonds is 0. The first kappa shape index (κ1) is 11.5. The molecule has 1 aromatic rings. The number of hydrogen-bond acceptors (Lipinski definition) is 3. The molecule has 1 aliphatic carbocycles. The van der Waals surface area contributed by atoms with Gasteiger partial charge in [-0.05, 0) is 45.2 Å². The molecule has 4 nitrogen and oxygen atoms in total. The topological polar surface area (TPSA) is 42.4 Å². The van der Waals surface area contributed by atoms with Crippen LogP contribution in [0.4, 0.5) is 10.5 Å². The summed E-state index contributed by atoms with van der Waals surface area (Å²) in [5.41, 5.74) is 1.52. The molecule has 0 radical (unpaired) electrons. The summed E-state index contributed by atoms with van der Waals surface area (Å²) in [5, 5.41) is 0. The van der Waals surface area contributed by atoms with E-state index in [1.165, 1.54) is 0 Å². The third-order valence-electron chi connectivity index (χ3n) is 3.41. The first-order chi connectivity index (χ1) is 8.46. The maximum atomic E-state index is 12.2. The molecule has 1 fully saturated rings. The van der Waals surface area contributed by atoms with Gasteiger partial charge in [0.05, 0.1) is 11.4 Å². The van der Waals surface area contributed by atoms with Crippen LogP contribution >= 0.6 is 0 Å². The Morgan fingerprint density at radius 1 is 1.50 bits per heavy atom. The van der Waals surface area contributed by atoms with Gasteiger partial charge in [0, 0.05) is 18.7 Å². The Morgan fingerprint density at radius 2 is 2.28 bits per heavy atom. The molecule has 1 aliphatic heterocycles. The molecule has 2 unspecified atom stereocenters. The van der Waals surface area contributed by atoms with Crippen LogP contribution < -0.4 is 4.90 Å². The lowest BCUT2D eigenvalue weighted by atomic mass is 10.1. The van der Waals surface area contributed by atoms with Gasteiger partial charge < -0.3 is 4.74 Å². The highest BCUT2D eigenvalue weighted by Crippen LogP contribution is 2.53. The van der Waals surface area contributed by atoms with Gasteiger partial charge in [0.2, 0.25) is 0 Å². The molecule has 0 saturated heterocycles.